The summed E-state index contributed by atoms with van der Waals surface area (Å²) < 4.78 is 0. The summed E-state index contributed by atoms with van der Waals surface area (Å²) in [5, 5.41) is 6.56. The maximum atomic E-state index is 12.4. The Balaban J connectivity index is 1.49. The number of nitrogens with zero attached hydrogens (tertiary/aromatic N) is 1. The minimum atomic E-state index is -0.0555. The molecule has 6 heteroatoms. The summed E-state index contributed by atoms with van der Waals surface area (Å²) >= 11 is 6.08. The van der Waals surface area contributed by atoms with Crippen molar-refractivity contribution in [3.8, 4) is 0 Å². The van der Waals surface area contributed by atoms with Crippen LogP contribution in [0.5, 0.6) is 0 Å². The molecule has 1 saturated heterocycles. The van der Waals surface area contributed by atoms with Crippen LogP contribution < -0.4 is 10.6 Å². The summed E-state index contributed by atoms with van der Waals surface area (Å²) in [7, 11) is 0. The van der Waals surface area contributed by atoms with Crippen LogP contribution in [0.4, 0.5) is 10.5 Å². The SMILES string of the molecule is Cc1ccc(NC(=O)C2CCN(C(=O)NC3CC3)CC2)cc1Cl. The molecule has 1 aromatic carbocycles. The summed E-state index contributed by atoms with van der Waals surface area (Å²) in [6.45, 7) is 3.19. The van der Waals surface area contributed by atoms with E-state index in [-0.39, 0.29) is 17.9 Å². The number of nitrogens with one attached hydrogen (secondary N) is 2. The number of anilines is 1. The molecule has 0 unspecified atom stereocenters. The van der Waals surface area contributed by atoms with Gasteiger partial charge in [0.25, 0.3) is 0 Å². The lowest BCUT2D eigenvalue weighted by molar-refractivity contribution is -0.121. The molecule has 1 saturated carbocycles. The van der Waals surface area contributed by atoms with E-state index < -0.39 is 0 Å². The molecular weight excluding hydrogens is 314 g/mol. The van der Waals surface area contributed by atoms with Gasteiger partial charge in [0.05, 0.1) is 0 Å². The molecular formula is C17H22ClN3O2. The van der Waals surface area contributed by atoms with Crippen LogP contribution in [0.1, 0.15) is 31.2 Å². The maximum Gasteiger partial charge on any atom is 0.317 e. The minimum Gasteiger partial charge on any atom is -0.335 e. The highest BCUT2D eigenvalue weighted by molar-refractivity contribution is 6.31. The number of benzene rings is 1. The van der Waals surface area contributed by atoms with E-state index in [1.54, 1.807) is 6.07 Å². The van der Waals surface area contributed by atoms with Crippen LogP contribution in [-0.4, -0.2) is 36.0 Å². The van der Waals surface area contributed by atoms with Crippen molar-refractivity contribution in [3.63, 3.8) is 0 Å². The largest absolute Gasteiger partial charge is 0.335 e. The molecule has 1 aliphatic carbocycles. The highest BCUT2D eigenvalue weighted by atomic mass is 35.5. The van der Waals surface area contributed by atoms with Crippen molar-refractivity contribution in [2.75, 3.05) is 18.4 Å². The third-order valence-electron chi connectivity index (χ3n) is 4.50. The summed E-state index contributed by atoms with van der Waals surface area (Å²) in [5.74, 6) is -0.0489. The first-order chi connectivity index (χ1) is 11.0. The molecule has 0 spiro atoms. The molecule has 2 aliphatic rings. The van der Waals surface area contributed by atoms with Gasteiger partial charge in [0.1, 0.15) is 0 Å². The number of aryl methyl sites for hydroxylation is 1. The van der Waals surface area contributed by atoms with Crippen LogP contribution in [-0.2, 0) is 4.79 Å². The third-order valence-corrected chi connectivity index (χ3v) is 4.90. The Bertz CT molecular complexity index is 608. The Labute approximate surface area is 141 Å². The summed E-state index contributed by atoms with van der Waals surface area (Å²) in [4.78, 5) is 26.2. The van der Waals surface area contributed by atoms with Crippen molar-refractivity contribution < 1.29 is 9.59 Å². The van der Waals surface area contributed by atoms with E-state index >= 15 is 0 Å². The third kappa shape index (κ3) is 4.16. The predicted molar refractivity (Wildman–Crippen MR) is 90.7 cm³/mol. The number of rotatable bonds is 3. The van der Waals surface area contributed by atoms with E-state index in [0.717, 1.165) is 24.1 Å². The molecule has 23 heavy (non-hydrogen) atoms. The maximum absolute atomic E-state index is 12.4. The Morgan fingerprint density at radius 1 is 1.17 bits per heavy atom. The predicted octanol–water partition coefficient (Wildman–Crippen LogP) is 3.17. The van der Waals surface area contributed by atoms with Gasteiger partial charge in [-0.25, -0.2) is 4.79 Å². The summed E-state index contributed by atoms with van der Waals surface area (Å²) in [6.07, 6.45) is 3.57. The summed E-state index contributed by atoms with van der Waals surface area (Å²) in [6, 6.07) is 5.90. The molecule has 3 rings (SSSR count). The van der Waals surface area contributed by atoms with E-state index in [2.05, 4.69) is 10.6 Å². The number of halogens is 1. The van der Waals surface area contributed by atoms with Crippen molar-refractivity contribution in [3.05, 3.63) is 28.8 Å². The quantitative estimate of drug-likeness (QED) is 0.891. The van der Waals surface area contributed by atoms with E-state index in [9.17, 15) is 9.59 Å². The van der Waals surface area contributed by atoms with Crippen LogP contribution in [0.3, 0.4) is 0 Å². The fraction of sp³-hybridized carbons (Fsp3) is 0.529. The van der Waals surface area contributed by atoms with Gasteiger partial charge >= 0.3 is 6.03 Å². The molecule has 1 aliphatic heterocycles. The van der Waals surface area contributed by atoms with Gasteiger partial charge < -0.3 is 15.5 Å². The number of hydrogen-bond donors (Lipinski definition) is 2. The second-order valence-electron chi connectivity index (χ2n) is 6.44. The number of carbonyl (C=O) groups excluding carboxylic acids is 2. The molecule has 0 atom stereocenters. The summed E-state index contributed by atoms with van der Waals surface area (Å²) in [5.41, 5.74) is 1.71. The van der Waals surface area contributed by atoms with Crippen LogP contribution in [0, 0.1) is 12.8 Å². The molecule has 2 N–H and O–H groups in total. The normalized spacial score (nSPS) is 18.6. The molecule has 0 aromatic heterocycles. The minimum absolute atomic E-state index is 0.00664. The zero-order valence-corrected chi connectivity index (χ0v) is 14.0. The average molecular weight is 336 g/mol. The molecule has 0 radical (unpaired) electrons. The van der Waals surface area contributed by atoms with E-state index in [1.807, 2.05) is 24.0 Å². The molecule has 1 heterocycles. The molecule has 5 nitrogen and oxygen atoms in total. The van der Waals surface area contributed by atoms with Gasteiger partial charge in [0, 0.05) is 35.8 Å². The second kappa shape index (κ2) is 6.79. The van der Waals surface area contributed by atoms with Crippen LogP contribution in [0.2, 0.25) is 5.02 Å². The fourth-order valence-electron chi connectivity index (χ4n) is 2.75. The fourth-order valence-corrected chi connectivity index (χ4v) is 2.93. The first-order valence-corrected chi connectivity index (χ1v) is 8.53. The molecule has 1 aromatic rings. The first-order valence-electron chi connectivity index (χ1n) is 8.15. The van der Waals surface area contributed by atoms with Gasteiger partial charge in [0.15, 0.2) is 0 Å². The Kier molecular flexibility index (Phi) is 4.76. The second-order valence-corrected chi connectivity index (χ2v) is 6.85. The molecule has 0 bridgehead atoms. The topological polar surface area (TPSA) is 61.4 Å². The van der Waals surface area contributed by atoms with Gasteiger partial charge in [-0.2, -0.15) is 0 Å². The van der Waals surface area contributed by atoms with Crippen molar-refractivity contribution in [1.29, 1.82) is 0 Å². The zero-order valence-electron chi connectivity index (χ0n) is 13.3. The zero-order chi connectivity index (χ0) is 16.4. The number of urea groups is 1. The first kappa shape index (κ1) is 16.1. The lowest BCUT2D eigenvalue weighted by atomic mass is 9.96. The number of carbonyl (C=O) groups is 2. The number of amides is 3. The van der Waals surface area contributed by atoms with Crippen LogP contribution in [0.15, 0.2) is 18.2 Å². The molecule has 2 fully saturated rings. The van der Waals surface area contributed by atoms with Gasteiger partial charge in [-0.05, 0) is 50.3 Å². The molecule has 124 valence electrons. The van der Waals surface area contributed by atoms with Gasteiger partial charge in [0.2, 0.25) is 5.91 Å². The van der Waals surface area contributed by atoms with Crippen molar-refractivity contribution in [2.45, 2.75) is 38.6 Å². The monoisotopic (exact) mass is 335 g/mol. The lowest BCUT2D eigenvalue weighted by Crippen LogP contribution is -2.46. The highest BCUT2D eigenvalue weighted by Gasteiger charge is 2.30. The van der Waals surface area contributed by atoms with Gasteiger partial charge in [-0.1, -0.05) is 17.7 Å². The van der Waals surface area contributed by atoms with E-state index in [0.29, 0.717) is 37.0 Å². The number of likely N-dealkylation sites (tertiary alicyclic amines) is 1. The van der Waals surface area contributed by atoms with E-state index in [1.165, 1.54) is 0 Å². The Hall–Kier alpha value is -1.75. The number of hydrogen-bond acceptors (Lipinski definition) is 2. The van der Waals surface area contributed by atoms with Crippen molar-refractivity contribution in [2.24, 2.45) is 5.92 Å². The molecule has 3 amide bonds. The number of piperidine rings is 1. The highest BCUT2D eigenvalue weighted by Crippen LogP contribution is 2.24. The Morgan fingerprint density at radius 3 is 2.48 bits per heavy atom. The van der Waals surface area contributed by atoms with Gasteiger partial charge in [-0.15, -0.1) is 0 Å². The van der Waals surface area contributed by atoms with Crippen LogP contribution >= 0.6 is 11.6 Å². The Morgan fingerprint density at radius 2 is 1.87 bits per heavy atom. The van der Waals surface area contributed by atoms with Crippen molar-refractivity contribution >= 4 is 29.2 Å². The average Bonchev–Trinajstić information content (AvgIpc) is 3.35. The smallest absolute Gasteiger partial charge is 0.317 e. The van der Waals surface area contributed by atoms with Crippen molar-refractivity contribution in [1.82, 2.24) is 10.2 Å². The van der Waals surface area contributed by atoms with Gasteiger partial charge in [-0.3, -0.25) is 4.79 Å². The lowest BCUT2D eigenvalue weighted by Gasteiger charge is -2.31. The van der Waals surface area contributed by atoms with Crippen LogP contribution in [0.25, 0.3) is 0 Å². The standard InChI is InChI=1S/C17H22ClN3O2/c1-11-2-3-14(10-15(11)18)19-16(22)12-6-8-21(9-7-12)17(23)20-13-4-5-13/h2-3,10,12-13H,4-9H2,1H3,(H,19,22)(H,20,23). The van der Waals surface area contributed by atoms with E-state index in [4.69, 9.17) is 11.6 Å².